The van der Waals surface area contributed by atoms with Gasteiger partial charge in [-0.1, -0.05) is 41.9 Å². The minimum absolute atomic E-state index is 0.0157. The number of nitrogens with one attached hydrogen (secondary N) is 1. The van der Waals surface area contributed by atoms with Crippen LogP contribution in [0.25, 0.3) is 0 Å². The second-order valence-electron chi connectivity index (χ2n) is 7.09. The third-order valence-electron chi connectivity index (χ3n) is 4.69. The number of carbonyl (C=O) groups excluding carboxylic acids is 1. The predicted molar refractivity (Wildman–Crippen MR) is 103 cm³/mol. The largest absolute Gasteiger partial charge is 0.436 e. The first-order valence-electron chi connectivity index (χ1n) is 9.38. The van der Waals surface area contributed by atoms with Crippen molar-refractivity contribution >= 4 is 23.5 Å². The van der Waals surface area contributed by atoms with E-state index in [0.29, 0.717) is 12.2 Å². The van der Waals surface area contributed by atoms with Gasteiger partial charge < -0.3 is 0 Å². The normalized spacial score (nSPS) is 14.1. The summed E-state index contributed by atoms with van der Waals surface area (Å²) in [5.74, 6) is -0.332. The van der Waals surface area contributed by atoms with Crippen LogP contribution in [0.1, 0.15) is 42.1 Å². The summed E-state index contributed by atoms with van der Waals surface area (Å²) in [6.07, 6.45) is -1.70. The fourth-order valence-electron chi connectivity index (χ4n) is 3.14. The number of alkyl halides is 3. The Morgan fingerprint density at radius 3 is 2.60 bits per heavy atom. The first-order valence-corrected chi connectivity index (χ1v) is 9.75. The van der Waals surface area contributed by atoms with Crippen molar-refractivity contribution < 1.29 is 18.0 Å². The van der Waals surface area contributed by atoms with E-state index in [1.165, 1.54) is 11.0 Å². The Kier molecular flexibility index (Phi) is 5.50. The maximum atomic E-state index is 13.1. The molecule has 4 rings (SSSR count). The molecule has 0 spiro atoms. The third-order valence-corrected chi connectivity index (χ3v) is 5.06. The number of halogens is 4. The number of carbonyl (C=O) groups is 1. The van der Waals surface area contributed by atoms with Crippen LogP contribution < -0.4 is 5.32 Å². The Morgan fingerprint density at radius 2 is 1.93 bits per heavy atom. The highest BCUT2D eigenvalue weighted by Crippen LogP contribution is 2.46. The average molecular weight is 439 g/mol. The number of hydrogen-bond acceptors (Lipinski definition) is 4. The molecule has 1 fully saturated rings. The monoisotopic (exact) mass is 438 g/mol. The van der Waals surface area contributed by atoms with Gasteiger partial charge in [0, 0.05) is 12.3 Å². The van der Waals surface area contributed by atoms with E-state index < -0.39 is 17.8 Å². The average Bonchev–Trinajstić information content (AvgIpc) is 3.34. The van der Waals surface area contributed by atoms with Gasteiger partial charge in [0.25, 0.3) is 0 Å². The van der Waals surface area contributed by atoms with E-state index in [1.807, 2.05) is 30.3 Å². The second-order valence-corrected chi connectivity index (χ2v) is 7.47. The van der Waals surface area contributed by atoms with Crippen molar-refractivity contribution in [2.75, 3.05) is 5.32 Å². The minimum Gasteiger partial charge on any atom is -0.293 e. The Hall–Kier alpha value is -2.88. The molecule has 2 heterocycles. The second kappa shape index (κ2) is 8.10. The van der Waals surface area contributed by atoms with E-state index in [1.54, 1.807) is 4.68 Å². The van der Waals surface area contributed by atoms with E-state index in [0.717, 1.165) is 18.4 Å². The first-order chi connectivity index (χ1) is 14.3. The summed E-state index contributed by atoms with van der Waals surface area (Å²) in [5, 5.41) is 9.99. The van der Waals surface area contributed by atoms with Gasteiger partial charge in [0.2, 0.25) is 11.9 Å². The van der Waals surface area contributed by atoms with Gasteiger partial charge >= 0.3 is 6.18 Å². The summed E-state index contributed by atoms with van der Waals surface area (Å²) in [6, 6.07) is 9.63. The lowest BCUT2D eigenvalue weighted by molar-refractivity contribution is -0.141. The first kappa shape index (κ1) is 20.4. The quantitative estimate of drug-likeness (QED) is 0.602. The summed E-state index contributed by atoms with van der Waals surface area (Å²) in [5.41, 5.74) is 0.277. The van der Waals surface area contributed by atoms with Crippen molar-refractivity contribution in [2.45, 2.75) is 44.4 Å². The van der Waals surface area contributed by atoms with Crippen LogP contribution in [0.2, 0.25) is 5.02 Å². The van der Waals surface area contributed by atoms with E-state index in [4.69, 9.17) is 11.6 Å². The number of aromatic nitrogens is 5. The molecule has 0 atom stereocenters. The van der Waals surface area contributed by atoms with Crippen LogP contribution in [0.5, 0.6) is 0 Å². The summed E-state index contributed by atoms with van der Waals surface area (Å²) >= 11 is 5.94. The molecule has 3 aromatic rings. The van der Waals surface area contributed by atoms with Gasteiger partial charge in [-0.15, -0.1) is 5.10 Å². The topological polar surface area (TPSA) is 77.6 Å². The van der Waals surface area contributed by atoms with Crippen molar-refractivity contribution in [3.8, 4) is 0 Å². The number of nitrogens with zero attached hydrogens (tertiary/aromatic N) is 5. The van der Waals surface area contributed by atoms with Gasteiger partial charge in [-0.3, -0.25) is 14.8 Å². The lowest BCUT2D eigenvalue weighted by atomic mass is 10.2. The highest BCUT2D eigenvalue weighted by molar-refractivity contribution is 6.32. The molecular formula is C19H18ClF3N6O. The number of rotatable bonds is 7. The van der Waals surface area contributed by atoms with Crippen LogP contribution in [0.4, 0.5) is 19.1 Å². The highest BCUT2D eigenvalue weighted by Gasteiger charge is 2.42. The van der Waals surface area contributed by atoms with Crippen LogP contribution in [-0.2, 0) is 24.1 Å². The smallest absolute Gasteiger partial charge is 0.293 e. The van der Waals surface area contributed by atoms with Crippen molar-refractivity contribution in [1.82, 2.24) is 24.5 Å². The molecule has 7 nitrogen and oxygen atoms in total. The molecule has 2 aromatic heterocycles. The molecule has 1 saturated carbocycles. The van der Waals surface area contributed by atoms with Crippen LogP contribution in [-0.4, -0.2) is 30.5 Å². The zero-order valence-electron chi connectivity index (χ0n) is 15.7. The number of benzene rings is 1. The van der Waals surface area contributed by atoms with Gasteiger partial charge in [-0.2, -0.15) is 18.3 Å². The lowest BCUT2D eigenvalue weighted by Crippen LogP contribution is -2.17. The van der Waals surface area contributed by atoms with Crippen LogP contribution in [0, 0.1) is 0 Å². The molecule has 158 valence electrons. The maximum absolute atomic E-state index is 13.1. The van der Waals surface area contributed by atoms with Crippen LogP contribution >= 0.6 is 11.6 Å². The van der Waals surface area contributed by atoms with E-state index in [2.05, 4.69) is 20.5 Å². The maximum Gasteiger partial charge on any atom is 0.436 e. The fraction of sp³-hybridized carbons (Fsp3) is 0.368. The van der Waals surface area contributed by atoms with Crippen LogP contribution in [0.3, 0.4) is 0 Å². The van der Waals surface area contributed by atoms with Crippen molar-refractivity contribution in [1.29, 1.82) is 0 Å². The molecule has 30 heavy (non-hydrogen) atoms. The van der Waals surface area contributed by atoms with E-state index in [-0.39, 0.29) is 29.9 Å². The summed E-state index contributed by atoms with van der Waals surface area (Å²) in [6.45, 7) is 0.485. The zero-order valence-corrected chi connectivity index (χ0v) is 16.5. The lowest BCUT2D eigenvalue weighted by Gasteiger charge is -2.06. The predicted octanol–water partition coefficient (Wildman–Crippen LogP) is 4.10. The fourth-order valence-corrected chi connectivity index (χ4v) is 3.54. The van der Waals surface area contributed by atoms with Crippen molar-refractivity contribution in [3.05, 3.63) is 58.6 Å². The minimum atomic E-state index is -4.64. The molecule has 11 heteroatoms. The summed E-state index contributed by atoms with van der Waals surface area (Å²) < 4.78 is 42.1. The van der Waals surface area contributed by atoms with Crippen molar-refractivity contribution in [2.24, 2.45) is 0 Å². The SMILES string of the molecule is O=C(CCn1nc(C(F)(F)F)c(Cl)c1C1CC1)Nc1ncn(Cc2ccccc2)n1. The molecule has 0 aliphatic heterocycles. The van der Waals surface area contributed by atoms with Gasteiger partial charge in [0.1, 0.15) is 6.33 Å². The number of anilines is 1. The molecule has 1 amide bonds. The molecule has 0 unspecified atom stereocenters. The standard InChI is InChI=1S/C19H18ClF3N6O/c20-15-16(13-6-7-13)29(26-17(15)19(21,22)23)9-8-14(30)25-18-24-11-28(27-18)10-12-4-2-1-3-5-12/h1-5,11,13H,6-10H2,(H,25,27,30). The molecular weight excluding hydrogens is 421 g/mol. The van der Waals surface area contributed by atoms with Gasteiger partial charge in [-0.25, -0.2) is 9.67 Å². The molecule has 1 aliphatic carbocycles. The number of hydrogen-bond donors (Lipinski definition) is 1. The van der Waals surface area contributed by atoms with Crippen molar-refractivity contribution in [3.63, 3.8) is 0 Å². The summed E-state index contributed by atoms with van der Waals surface area (Å²) in [7, 11) is 0. The Morgan fingerprint density at radius 1 is 1.20 bits per heavy atom. The summed E-state index contributed by atoms with van der Waals surface area (Å²) in [4.78, 5) is 16.3. The Balaban J connectivity index is 1.38. The number of amides is 1. The zero-order chi connectivity index (χ0) is 21.3. The third kappa shape index (κ3) is 4.64. The van der Waals surface area contributed by atoms with E-state index >= 15 is 0 Å². The van der Waals surface area contributed by atoms with Crippen LogP contribution in [0.15, 0.2) is 36.7 Å². The van der Waals surface area contributed by atoms with Gasteiger partial charge in [0.05, 0.1) is 23.8 Å². The molecule has 0 radical (unpaired) electrons. The molecule has 1 N–H and O–H groups in total. The van der Waals surface area contributed by atoms with Gasteiger partial charge in [0.15, 0.2) is 5.69 Å². The Labute approximate surface area is 174 Å². The van der Waals surface area contributed by atoms with E-state index in [9.17, 15) is 18.0 Å². The molecule has 1 aromatic carbocycles. The number of aryl methyl sites for hydroxylation is 1. The highest BCUT2D eigenvalue weighted by atomic mass is 35.5. The molecule has 1 aliphatic rings. The molecule has 0 bridgehead atoms. The molecule has 0 saturated heterocycles. The Bertz CT molecular complexity index is 1040. The van der Waals surface area contributed by atoms with Gasteiger partial charge in [-0.05, 0) is 18.4 Å².